The molecule has 1 aromatic carbocycles. The highest BCUT2D eigenvalue weighted by Gasteiger charge is 2.27. The van der Waals surface area contributed by atoms with Gasteiger partial charge in [-0.05, 0) is 19.1 Å². The Labute approximate surface area is 126 Å². The molecule has 2 amide bonds. The number of rotatable bonds is 7. The van der Waals surface area contributed by atoms with E-state index < -0.39 is 18.8 Å². The maximum Gasteiger partial charge on any atom is 0.411 e. The van der Waals surface area contributed by atoms with Gasteiger partial charge in [0.1, 0.15) is 6.61 Å². The molecule has 0 fully saturated rings. The Kier molecular flexibility index (Phi) is 7.13. The molecule has 0 aromatic heterocycles. The van der Waals surface area contributed by atoms with Crippen LogP contribution in [0.3, 0.4) is 0 Å². The predicted molar refractivity (Wildman–Crippen MR) is 75.7 cm³/mol. The van der Waals surface area contributed by atoms with Crippen LogP contribution in [-0.4, -0.2) is 55.1 Å². The van der Waals surface area contributed by atoms with Crippen molar-refractivity contribution in [2.24, 2.45) is 0 Å². The van der Waals surface area contributed by atoms with Gasteiger partial charge in [-0.2, -0.15) is 13.2 Å². The molecule has 0 atom stereocenters. The third kappa shape index (κ3) is 7.28. The minimum atomic E-state index is -4.40. The average Bonchev–Trinajstić information content (AvgIpc) is 2.43. The molecule has 8 heteroatoms. The Morgan fingerprint density at radius 1 is 1.27 bits per heavy atom. The van der Waals surface area contributed by atoms with Crippen molar-refractivity contribution < 1.29 is 27.8 Å². The van der Waals surface area contributed by atoms with E-state index in [2.05, 4.69) is 10.1 Å². The van der Waals surface area contributed by atoms with Crippen molar-refractivity contribution >= 4 is 11.7 Å². The largest absolute Gasteiger partial charge is 0.411 e. The monoisotopic (exact) mass is 320 g/mol. The molecule has 1 rings (SSSR count). The van der Waals surface area contributed by atoms with E-state index in [0.717, 1.165) is 5.56 Å². The van der Waals surface area contributed by atoms with Gasteiger partial charge in [0.2, 0.25) is 0 Å². The molecule has 2 N–H and O–H groups in total. The van der Waals surface area contributed by atoms with Crippen molar-refractivity contribution in [1.82, 2.24) is 4.90 Å². The molecule has 1 aromatic rings. The molecule has 0 saturated heterocycles. The second-order valence-corrected chi connectivity index (χ2v) is 4.67. The van der Waals surface area contributed by atoms with Gasteiger partial charge in [-0.15, -0.1) is 0 Å². The molecule has 5 nitrogen and oxygen atoms in total. The molecule has 124 valence electrons. The van der Waals surface area contributed by atoms with Crippen molar-refractivity contribution in [3.05, 3.63) is 29.8 Å². The highest BCUT2D eigenvalue weighted by molar-refractivity contribution is 5.89. The third-order valence-corrected chi connectivity index (χ3v) is 2.73. The lowest BCUT2D eigenvalue weighted by Crippen LogP contribution is -2.39. The van der Waals surface area contributed by atoms with E-state index in [9.17, 15) is 18.0 Å². The maximum absolute atomic E-state index is 12.0. The number of nitrogens with one attached hydrogen (secondary N) is 1. The summed E-state index contributed by atoms with van der Waals surface area (Å²) >= 11 is 0. The number of hydrogen-bond acceptors (Lipinski definition) is 3. The molecular weight excluding hydrogens is 301 g/mol. The van der Waals surface area contributed by atoms with Crippen LogP contribution in [-0.2, 0) is 4.74 Å². The summed E-state index contributed by atoms with van der Waals surface area (Å²) in [5.41, 5.74) is 1.60. The van der Waals surface area contributed by atoms with E-state index in [-0.39, 0.29) is 26.3 Å². The number of halogens is 3. The fourth-order valence-corrected chi connectivity index (χ4v) is 1.64. The molecule has 0 aliphatic heterocycles. The number of nitrogens with zero attached hydrogens (tertiary/aromatic N) is 1. The number of ether oxygens (including phenoxy) is 1. The lowest BCUT2D eigenvalue weighted by atomic mass is 10.2. The molecular formula is C14H19F3N2O3. The van der Waals surface area contributed by atoms with Crippen molar-refractivity contribution in [2.75, 3.05) is 38.2 Å². The van der Waals surface area contributed by atoms with Gasteiger partial charge in [-0.3, -0.25) is 0 Å². The summed E-state index contributed by atoms with van der Waals surface area (Å²) in [7, 11) is 0. The van der Waals surface area contributed by atoms with Crippen LogP contribution in [0.1, 0.15) is 5.56 Å². The van der Waals surface area contributed by atoms with Crippen LogP contribution in [0.25, 0.3) is 0 Å². The van der Waals surface area contributed by atoms with Crippen molar-refractivity contribution in [1.29, 1.82) is 0 Å². The Bertz CT molecular complexity index is 463. The van der Waals surface area contributed by atoms with Gasteiger partial charge in [-0.25, -0.2) is 4.79 Å². The zero-order chi connectivity index (χ0) is 16.6. The summed E-state index contributed by atoms with van der Waals surface area (Å²) in [6, 6.07) is 6.56. The van der Waals surface area contributed by atoms with Gasteiger partial charge < -0.3 is 20.1 Å². The molecule has 0 aliphatic carbocycles. The third-order valence-electron chi connectivity index (χ3n) is 2.73. The van der Waals surface area contributed by atoms with Crippen LogP contribution >= 0.6 is 0 Å². The molecule has 0 heterocycles. The molecule has 0 aliphatic rings. The molecule has 0 saturated carbocycles. The van der Waals surface area contributed by atoms with Crippen LogP contribution in [0.5, 0.6) is 0 Å². The number of hydrogen-bond donors (Lipinski definition) is 2. The first-order chi connectivity index (χ1) is 10.3. The first kappa shape index (κ1) is 18.2. The minimum Gasteiger partial charge on any atom is -0.395 e. The van der Waals surface area contributed by atoms with E-state index in [4.69, 9.17) is 5.11 Å². The van der Waals surface area contributed by atoms with E-state index >= 15 is 0 Å². The highest BCUT2D eigenvalue weighted by atomic mass is 19.4. The summed E-state index contributed by atoms with van der Waals surface area (Å²) in [4.78, 5) is 13.2. The topological polar surface area (TPSA) is 61.8 Å². The number of urea groups is 1. The quantitative estimate of drug-likeness (QED) is 0.759. The highest BCUT2D eigenvalue weighted by Crippen LogP contribution is 2.14. The van der Waals surface area contributed by atoms with Gasteiger partial charge in [0, 0.05) is 18.8 Å². The standard InChI is InChI=1S/C14H19F3N2O3/c1-11-2-4-12(5-3-11)18-13(21)19(6-8-20)7-9-22-10-14(15,16)17/h2-5,20H,6-10H2,1H3,(H,18,21). The number of anilines is 1. The molecule has 0 unspecified atom stereocenters. The van der Waals surface area contributed by atoms with Gasteiger partial charge in [0.05, 0.1) is 13.2 Å². The Hall–Kier alpha value is -1.80. The maximum atomic E-state index is 12.0. The van der Waals surface area contributed by atoms with E-state index in [0.29, 0.717) is 5.69 Å². The molecule has 0 bridgehead atoms. The first-order valence-electron chi connectivity index (χ1n) is 6.70. The summed E-state index contributed by atoms with van der Waals surface area (Å²) in [6.07, 6.45) is -4.40. The summed E-state index contributed by atoms with van der Waals surface area (Å²) in [5, 5.41) is 11.5. The smallest absolute Gasteiger partial charge is 0.395 e. The number of carbonyl (C=O) groups excluding carboxylic acids is 1. The molecule has 0 spiro atoms. The SMILES string of the molecule is Cc1ccc(NC(=O)N(CCO)CCOCC(F)(F)F)cc1. The minimum absolute atomic E-state index is 0.00702. The van der Waals surface area contributed by atoms with Crippen LogP contribution in [0.15, 0.2) is 24.3 Å². The van der Waals surface area contributed by atoms with E-state index in [1.807, 2.05) is 19.1 Å². The number of aliphatic hydroxyl groups is 1. The lowest BCUT2D eigenvalue weighted by Gasteiger charge is -2.22. The van der Waals surface area contributed by atoms with Gasteiger partial charge >= 0.3 is 12.2 Å². The zero-order valence-corrected chi connectivity index (χ0v) is 12.2. The van der Waals surface area contributed by atoms with Crippen LogP contribution in [0.2, 0.25) is 0 Å². The number of aliphatic hydroxyl groups excluding tert-OH is 1. The van der Waals surface area contributed by atoms with Crippen LogP contribution in [0.4, 0.5) is 23.7 Å². The summed E-state index contributed by atoms with van der Waals surface area (Å²) in [6.45, 7) is -0.0516. The van der Waals surface area contributed by atoms with Crippen molar-refractivity contribution in [2.45, 2.75) is 13.1 Å². The molecule has 22 heavy (non-hydrogen) atoms. The Morgan fingerprint density at radius 3 is 2.45 bits per heavy atom. The summed E-state index contributed by atoms with van der Waals surface area (Å²) in [5.74, 6) is 0. The number of carbonyl (C=O) groups is 1. The predicted octanol–water partition coefficient (Wildman–Crippen LogP) is 2.40. The van der Waals surface area contributed by atoms with Crippen LogP contribution in [0, 0.1) is 6.92 Å². The van der Waals surface area contributed by atoms with Crippen molar-refractivity contribution in [3.63, 3.8) is 0 Å². The first-order valence-corrected chi connectivity index (χ1v) is 6.70. The average molecular weight is 320 g/mol. The van der Waals surface area contributed by atoms with Gasteiger partial charge in [0.25, 0.3) is 0 Å². The lowest BCUT2D eigenvalue weighted by molar-refractivity contribution is -0.174. The summed E-state index contributed by atoms with van der Waals surface area (Å²) < 4.78 is 40.3. The van der Waals surface area contributed by atoms with Crippen LogP contribution < -0.4 is 5.32 Å². The van der Waals surface area contributed by atoms with Gasteiger partial charge in [0.15, 0.2) is 0 Å². The second kappa shape index (κ2) is 8.60. The fourth-order valence-electron chi connectivity index (χ4n) is 1.64. The van der Waals surface area contributed by atoms with Gasteiger partial charge in [-0.1, -0.05) is 17.7 Å². The molecule has 0 radical (unpaired) electrons. The zero-order valence-electron chi connectivity index (χ0n) is 12.2. The van der Waals surface area contributed by atoms with E-state index in [1.54, 1.807) is 12.1 Å². The Morgan fingerprint density at radius 2 is 1.91 bits per heavy atom. The number of benzene rings is 1. The van der Waals surface area contributed by atoms with Crippen molar-refractivity contribution in [3.8, 4) is 0 Å². The number of aryl methyl sites for hydroxylation is 1. The number of alkyl halides is 3. The fraction of sp³-hybridized carbons (Fsp3) is 0.500. The second-order valence-electron chi connectivity index (χ2n) is 4.67. The number of amides is 2. The van der Waals surface area contributed by atoms with E-state index in [1.165, 1.54) is 4.90 Å². The normalized spacial score (nSPS) is 11.3. The Balaban J connectivity index is 2.47.